The number of nitrogens with zero attached hydrogens (tertiary/aromatic N) is 2. The molecule has 0 atom stereocenters. The molecular weight excluding hydrogens is 465 g/mol. The second-order valence-corrected chi connectivity index (χ2v) is 8.00. The highest BCUT2D eigenvalue weighted by Gasteiger charge is 2.25. The summed E-state index contributed by atoms with van der Waals surface area (Å²) in [5.41, 5.74) is 4.86. The number of fused-ring (bicyclic) bond motifs is 1. The molecule has 0 fully saturated rings. The predicted octanol–water partition coefficient (Wildman–Crippen LogP) is 5.24. The lowest BCUT2D eigenvalue weighted by atomic mass is 10.0. The van der Waals surface area contributed by atoms with Gasteiger partial charge in [0.2, 0.25) is 18.4 Å². The van der Waals surface area contributed by atoms with Crippen LogP contribution in [0.1, 0.15) is 24.5 Å². The van der Waals surface area contributed by atoms with Crippen LogP contribution < -0.4 is 19.6 Å². The Bertz CT molecular complexity index is 991. The molecular formula is C21H22Cl3N3O4. The van der Waals surface area contributed by atoms with Crippen molar-refractivity contribution in [2.45, 2.75) is 19.8 Å². The number of benzene rings is 2. The van der Waals surface area contributed by atoms with Gasteiger partial charge in [-0.1, -0.05) is 41.7 Å². The number of carbonyl (C=O) groups is 1. The largest absolute Gasteiger partial charge is 0.492 e. The summed E-state index contributed by atoms with van der Waals surface area (Å²) < 4.78 is 16.7. The average Bonchev–Trinajstić information content (AvgIpc) is 3.20. The summed E-state index contributed by atoms with van der Waals surface area (Å²) in [4.78, 5) is 13.6. The molecule has 1 aliphatic rings. The van der Waals surface area contributed by atoms with Gasteiger partial charge in [0.25, 0.3) is 0 Å². The van der Waals surface area contributed by atoms with Gasteiger partial charge in [-0.15, -0.1) is 0 Å². The number of halogens is 3. The normalized spacial score (nSPS) is 12.3. The van der Waals surface area contributed by atoms with Crippen LogP contribution in [0.2, 0.25) is 15.1 Å². The molecule has 2 aromatic carbocycles. The highest BCUT2D eigenvalue weighted by Crippen LogP contribution is 2.44. The van der Waals surface area contributed by atoms with Crippen molar-refractivity contribution in [1.29, 1.82) is 0 Å². The van der Waals surface area contributed by atoms with Crippen molar-refractivity contribution >= 4 is 52.6 Å². The zero-order valence-electron chi connectivity index (χ0n) is 17.3. The standard InChI is InChI=1S/C21H22Cl3N3O4/c1-4-18(28)27(2)6-5-12-7-17-21(31-11-30-17)20(29-3)14(12)10-25-26-19-15(23)8-13(22)9-16(19)24/h7-10,26H,4-6,11H2,1-3H3/b25-10-. The van der Waals surface area contributed by atoms with Crippen LogP contribution in [0.4, 0.5) is 5.69 Å². The van der Waals surface area contributed by atoms with Gasteiger partial charge in [0.05, 0.1) is 29.1 Å². The Balaban J connectivity index is 1.92. The van der Waals surface area contributed by atoms with Gasteiger partial charge in [-0.25, -0.2) is 0 Å². The van der Waals surface area contributed by atoms with Gasteiger partial charge >= 0.3 is 0 Å². The lowest BCUT2D eigenvalue weighted by Gasteiger charge is -2.18. The zero-order valence-corrected chi connectivity index (χ0v) is 19.6. The summed E-state index contributed by atoms with van der Waals surface area (Å²) in [5.74, 6) is 1.66. The minimum atomic E-state index is 0.0663. The van der Waals surface area contributed by atoms with Crippen LogP contribution in [0, 0.1) is 0 Å². The molecule has 1 aliphatic heterocycles. The van der Waals surface area contributed by atoms with E-state index in [4.69, 9.17) is 49.0 Å². The van der Waals surface area contributed by atoms with Crippen molar-refractivity contribution in [3.8, 4) is 17.2 Å². The molecule has 10 heteroatoms. The third-order valence-electron chi connectivity index (χ3n) is 4.77. The lowest BCUT2D eigenvalue weighted by Crippen LogP contribution is -2.28. The number of hydrogen-bond donors (Lipinski definition) is 1. The first-order valence-electron chi connectivity index (χ1n) is 9.52. The van der Waals surface area contributed by atoms with Gasteiger partial charge in [-0.3, -0.25) is 10.2 Å². The van der Waals surface area contributed by atoms with Crippen molar-refractivity contribution in [3.63, 3.8) is 0 Å². The first-order valence-corrected chi connectivity index (χ1v) is 10.7. The van der Waals surface area contributed by atoms with E-state index in [0.717, 1.165) is 5.56 Å². The molecule has 0 aromatic heterocycles. The Morgan fingerprint density at radius 2 is 1.97 bits per heavy atom. The summed E-state index contributed by atoms with van der Waals surface area (Å²) in [6.07, 6.45) is 2.61. The molecule has 0 bridgehead atoms. The first kappa shape index (κ1) is 23.3. The summed E-state index contributed by atoms with van der Waals surface area (Å²) >= 11 is 18.4. The van der Waals surface area contributed by atoms with E-state index in [2.05, 4.69) is 10.5 Å². The smallest absolute Gasteiger partial charge is 0.231 e. The summed E-state index contributed by atoms with van der Waals surface area (Å²) in [5, 5.41) is 5.40. The lowest BCUT2D eigenvalue weighted by molar-refractivity contribution is -0.129. The number of hydrazone groups is 1. The molecule has 1 N–H and O–H groups in total. The van der Waals surface area contributed by atoms with E-state index < -0.39 is 0 Å². The van der Waals surface area contributed by atoms with Crippen molar-refractivity contribution in [2.24, 2.45) is 5.10 Å². The van der Waals surface area contributed by atoms with Gasteiger partial charge in [0.15, 0.2) is 11.5 Å². The Morgan fingerprint density at radius 1 is 1.26 bits per heavy atom. The highest BCUT2D eigenvalue weighted by atomic mass is 35.5. The van der Waals surface area contributed by atoms with Crippen molar-refractivity contribution in [1.82, 2.24) is 4.90 Å². The number of carbonyl (C=O) groups excluding carboxylic acids is 1. The maximum absolute atomic E-state index is 11.9. The number of likely N-dealkylation sites (N-methyl/N-ethyl adjacent to an activating group) is 1. The summed E-state index contributed by atoms with van der Waals surface area (Å²) in [6.45, 7) is 2.46. The van der Waals surface area contributed by atoms with E-state index in [1.54, 1.807) is 37.4 Å². The van der Waals surface area contributed by atoms with Crippen LogP contribution in [0.15, 0.2) is 23.3 Å². The molecule has 1 heterocycles. The van der Waals surface area contributed by atoms with E-state index in [1.807, 2.05) is 13.0 Å². The van der Waals surface area contributed by atoms with Crippen LogP contribution >= 0.6 is 34.8 Å². The van der Waals surface area contributed by atoms with Gasteiger partial charge in [0.1, 0.15) is 0 Å². The molecule has 0 aliphatic carbocycles. The minimum absolute atomic E-state index is 0.0663. The monoisotopic (exact) mass is 485 g/mol. The molecule has 0 radical (unpaired) electrons. The maximum Gasteiger partial charge on any atom is 0.231 e. The van der Waals surface area contributed by atoms with Crippen molar-refractivity contribution in [3.05, 3.63) is 44.4 Å². The molecule has 7 nitrogen and oxygen atoms in total. The SMILES string of the molecule is CCC(=O)N(C)CCc1cc2c(c(OC)c1/C=N\Nc1c(Cl)cc(Cl)cc1Cl)OCO2. The number of ether oxygens (including phenoxy) is 3. The fraction of sp³-hybridized carbons (Fsp3) is 0.333. The molecule has 31 heavy (non-hydrogen) atoms. The Morgan fingerprint density at radius 3 is 2.61 bits per heavy atom. The first-order chi connectivity index (χ1) is 14.8. The van der Waals surface area contributed by atoms with Crippen LogP contribution in [0.5, 0.6) is 17.2 Å². The topological polar surface area (TPSA) is 72.4 Å². The molecule has 0 saturated heterocycles. The maximum atomic E-state index is 11.9. The van der Waals surface area contributed by atoms with Crippen molar-refractivity contribution in [2.75, 3.05) is 32.9 Å². The molecule has 1 amide bonds. The van der Waals surface area contributed by atoms with Gasteiger partial charge in [-0.05, 0) is 30.2 Å². The van der Waals surface area contributed by atoms with Crippen molar-refractivity contribution < 1.29 is 19.0 Å². The second-order valence-electron chi connectivity index (χ2n) is 6.75. The fourth-order valence-corrected chi connectivity index (χ4v) is 4.02. The highest BCUT2D eigenvalue weighted by molar-refractivity contribution is 6.41. The summed E-state index contributed by atoms with van der Waals surface area (Å²) in [7, 11) is 3.32. The molecule has 0 unspecified atom stereocenters. The van der Waals surface area contributed by atoms with Crippen LogP contribution in [-0.4, -0.2) is 44.5 Å². The third kappa shape index (κ3) is 5.29. The number of nitrogens with one attached hydrogen (secondary N) is 1. The van der Waals surface area contributed by atoms with Gasteiger partial charge in [-0.2, -0.15) is 5.10 Å². The van der Waals surface area contributed by atoms with Crippen LogP contribution in [0.3, 0.4) is 0 Å². The van der Waals surface area contributed by atoms with E-state index in [0.29, 0.717) is 63.0 Å². The van der Waals surface area contributed by atoms with E-state index in [9.17, 15) is 4.79 Å². The van der Waals surface area contributed by atoms with Crippen LogP contribution in [-0.2, 0) is 11.2 Å². The number of anilines is 1. The number of amides is 1. The minimum Gasteiger partial charge on any atom is -0.492 e. The molecule has 0 saturated carbocycles. The Kier molecular flexibility index (Phi) is 7.75. The van der Waals surface area contributed by atoms with E-state index in [-0.39, 0.29) is 12.7 Å². The number of rotatable bonds is 8. The Labute approximate surface area is 195 Å². The van der Waals surface area contributed by atoms with Gasteiger partial charge < -0.3 is 19.1 Å². The number of methoxy groups -OCH3 is 1. The molecule has 3 rings (SSSR count). The molecule has 166 valence electrons. The van der Waals surface area contributed by atoms with Crippen LogP contribution in [0.25, 0.3) is 0 Å². The molecule has 2 aromatic rings. The summed E-state index contributed by atoms with van der Waals surface area (Å²) in [6, 6.07) is 5.01. The van der Waals surface area contributed by atoms with E-state index in [1.165, 1.54) is 0 Å². The predicted molar refractivity (Wildman–Crippen MR) is 123 cm³/mol. The van der Waals surface area contributed by atoms with E-state index >= 15 is 0 Å². The second kappa shape index (κ2) is 10.3. The molecule has 0 spiro atoms. The third-order valence-corrected chi connectivity index (χ3v) is 5.58. The van der Waals surface area contributed by atoms with Gasteiger partial charge in [0, 0.05) is 30.6 Å². The number of hydrogen-bond acceptors (Lipinski definition) is 6. The fourth-order valence-electron chi connectivity index (χ4n) is 3.12. The quantitative estimate of drug-likeness (QED) is 0.408. The zero-order chi connectivity index (χ0) is 22.5. The average molecular weight is 487 g/mol. The Hall–Kier alpha value is -2.35.